The van der Waals surface area contributed by atoms with E-state index in [1.807, 2.05) is 12.1 Å². The molecule has 0 fully saturated rings. The summed E-state index contributed by atoms with van der Waals surface area (Å²) >= 11 is 3.36. The monoisotopic (exact) mass is 402 g/mol. The molecule has 0 spiro atoms. The second kappa shape index (κ2) is 7.11. The van der Waals surface area contributed by atoms with Gasteiger partial charge in [0, 0.05) is 10.0 Å². The second-order valence-electron chi connectivity index (χ2n) is 5.60. The number of hydrogen-bond donors (Lipinski definition) is 1. The van der Waals surface area contributed by atoms with E-state index < -0.39 is 12.1 Å². The van der Waals surface area contributed by atoms with Crippen LogP contribution in [0.15, 0.2) is 52.5 Å². The highest BCUT2D eigenvalue weighted by Crippen LogP contribution is 2.30. The lowest BCUT2D eigenvalue weighted by Crippen LogP contribution is -2.22. The lowest BCUT2D eigenvalue weighted by Gasteiger charge is -2.19. The van der Waals surface area contributed by atoms with Crippen molar-refractivity contribution in [1.82, 2.24) is 0 Å². The first-order valence-corrected chi connectivity index (χ1v) is 8.40. The number of halogens is 1. The van der Waals surface area contributed by atoms with Crippen molar-refractivity contribution in [2.75, 3.05) is 6.61 Å². The fourth-order valence-electron chi connectivity index (χ4n) is 2.44. The van der Waals surface area contributed by atoms with Crippen molar-refractivity contribution in [3.05, 3.63) is 63.6 Å². The van der Waals surface area contributed by atoms with Crippen molar-refractivity contribution >= 4 is 33.8 Å². The Balaban J connectivity index is 1.86. The van der Waals surface area contributed by atoms with Crippen molar-refractivity contribution in [3.63, 3.8) is 0 Å². The van der Waals surface area contributed by atoms with E-state index in [2.05, 4.69) is 15.9 Å². The molecule has 0 bridgehead atoms. The van der Waals surface area contributed by atoms with Gasteiger partial charge in [-0.15, -0.1) is 0 Å². The summed E-state index contributed by atoms with van der Waals surface area (Å²) < 4.78 is 11.8. The third-order valence-corrected chi connectivity index (χ3v) is 4.21. The van der Waals surface area contributed by atoms with Crippen molar-refractivity contribution in [1.29, 1.82) is 0 Å². The Morgan fingerprint density at radius 3 is 2.88 bits per heavy atom. The molecule has 25 heavy (non-hydrogen) atoms. The molecular formula is C19H15BrO5. The van der Waals surface area contributed by atoms with Crippen LogP contribution >= 0.6 is 15.9 Å². The quantitative estimate of drug-likeness (QED) is 0.783. The first kappa shape index (κ1) is 17.2. The highest BCUT2D eigenvalue weighted by atomic mass is 79.9. The number of ketones is 1. The van der Waals surface area contributed by atoms with Crippen molar-refractivity contribution in [2.24, 2.45) is 0 Å². The van der Waals surface area contributed by atoms with Crippen molar-refractivity contribution in [2.45, 2.75) is 13.0 Å². The van der Waals surface area contributed by atoms with Crippen molar-refractivity contribution < 1.29 is 24.2 Å². The molecule has 0 aliphatic carbocycles. The molecule has 0 saturated heterocycles. The first-order chi connectivity index (χ1) is 11.9. The number of carbonyl (C=O) groups excluding carboxylic acids is 1. The van der Waals surface area contributed by atoms with Crippen LogP contribution in [0.4, 0.5) is 0 Å². The number of carboxylic acids is 1. The summed E-state index contributed by atoms with van der Waals surface area (Å²) in [5, 5.41) is 8.92. The van der Waals surface area contributed by atoms with Crippen LogP contribution in [0.25, 0.3) is 6.08 Å². The van der Waals surface area contributed by atoms with Crippen LogP contribution in [0, 0.1) is 0 Å². The van der Waals surface area contributed by atoms with E-state index in [1.165, 1.54) is 6.92 Å². The number of aliphatic carboxylic acids is 1. The normalized spacial score (nSPS) is 16.1. The summed E-state index contributed by atoms with van der Waals surface area (Å²) in [5.41, 5.74) is 1.77. The molecule has 0 saturated carbocycles. The fourth-order valence-corrected chi connectivity index (χ4v) is 2.80. The minimum absolute atomic E-state index is 0.0900. The molecule has 0 amide bonds. The molecule has 128 valence electrons. The molecule has 1 atom stereocenters. The predicted octanol–water partition coefficient (Wildman–Crippen LogP) is 3.96. The van der Waals surface area contributed by atoms with Gasteiger partial charge < -0.3 is 14.6 Å². The summed E-state index contributed by atoms with van der Waals surface area (Å²) in [4.78, 5) is 23.5. The molecule has 1 aliphatic heterocycles. The van der Waals surface area contributed by atoms with E-state index in [9.17, 15) is 9.59 Å². The van der Waals surface area contributed by atoms with Crippen molar-refractivity contribution in [3.8, 4) is 11.5 Å². The predicted molar refractivity (Wildman–Crippen MR) is 96.1 cm³/mol. The summed E-state index contributed by atoms with van der Waals surface area (Å²) in [5.74, 6) is -0.135. The molecule has 1 N–H and O–H groups in total. The molecule has 6 heteroatoms. The molecule has 0 aromatic heterocycles. The van der Waals surface area contributed by atoms with Crippen LogP contribution in [0.5, 0.6) is 11.5 Å². The molecule has 2 aromatic rings. The minimum atomic E-state index is -1.04. The Morgan fingerprint density at radius 1 is 1.32 bits per heavy atom. The van der Waals surface area contributed by atoms with Gasteiger partial charge >= 0.3 is 5.97 Å². The number of rotatable bonds is 4. The number of carbonyl (C=O) groups is 2. The van der Waals surface area contributed by atoms with Gasteiger partial charge in [-0.3, -0.25) is 4.79 Å². The number of carboxylic acid groups (broad SMARTS) is 1. The van der Waals surface area contributed by atoms with Crippen LogP contribution in [0.2, 0.25) is 0 Å². The lowest BCUT2D eigenvalue weighted by molar-refractivity contribution is -0.144. The topological polar surface area (TPSA) is 72.8 Å². The summed E-state index contributed by atoms with van der Waals surface area (Å²) in [6, 6.07) is 12.2. The van der Waals surface area contributed by atoms with Gasteiger partial charge in [-0.1, -0.05) is 28.1 Å². The number of fused-ring (bicyclic) bond motifs is 1. The smallest absolute Gasteiger partial charge is 0.344 e. The van der Waals surface area contributed by atoms with Gasteiger partial charge in [0.2, 0.25) is 0 Å². The summed E-state index contributed by atoms with van der Waals surface area (Å²) in [7, 11) is 0. The maximum absolute atomic E-state index is 12.6. The van der Waals surface area contributed by atoms with Gasteiger partial charge in [-0.2, -0.15) is 0 Å². The number of ether oxygens (including phenoxy) is 2. The number of Topliss-reactive ketones (excluding diaryl/α,β-unsaturated/α-hetero) is 1. The highest BCUT2D eigenvalue weighted by molar-refractivity contribution is 9.10. The zero-order chi connectivity index (χ0) is 18.0. The van der Waals surface area contributed by atoms with E-state index in [0.29, 0.717) is 22.6 Å². The summed E-state index contributed by atoms with van der Waals surface area (Å²) in [6.45, 7) is 1.64. The van der Waals surface area contributed by atoms with E-state index in [1.54, 1.807) is 36.4 Å². The van der Waals surface area contributed by atoms with E-state index >= 15 is 0 Å². The SMILES string of the molecule is CC(Oc1cccc(/C=C2\COc3ccc(Br)cc3C2=O)c1)C(=O)O. The molecule has 1 unspecified atom stereocenters. The molecule has 5 nitrogen and oxygen atoms in total. The molecule has 1 aliphatic rings. The Hall–Kier alpha value is -2.60. The van der Waals surface area contributed by atoms with Crippen LogP contribution in [0.1, 0.15) is 22.8 Å². The second-order valence-corrected chi connectivity index (χ2v) is 6.51. The highest BCUT2D eigenvalue weighted by Gasteiger charge is 2.23. The number of hydrogen-bond acceptors (Lipinski definition) is 4. The molecule has 3 rings (SSSR count). The third kappa shape index (κ3) is 3.91. The molecule has 0 radical (unpaired) electrons. The van der Waals surface area contributed by atoms with E-state index in [0.717, 1.165) is 10.0 Å². The molecular weight excluding hydrogens is 388 g/mol. The maximum Gasteiger partial charge on any atom is 0.344 e. The van der Waals surface area contributed by atoms with Crippen LogP contribution < -0.4 is 9.47 Å². The summed E-state index contributed by atoms with van der Waals surface area (Å²) in [6.07, 6.45) is 0.775. The molecule has 1 heterocycles. The Bertz CT molecular complexity index is 872. The van der Waals surface area contributed by atoms with Gasteiger partial charge in [-0.25, -0.2) is 4.79 Å². The van der Waals surface area contributed by atoms with Gasteiger partial charge in [0.1, 0.15) is 18.1 Å². The fraction of sp³-hybridized carbons (Fsp3) is 0.158. The first-order valence-electron chi connectivity index (χ1n) is 7.61. The van der Waals surface area contributed by atoms with E-state index in [-0.39, 0.29) is 12.4 Å². The third-order valence-electron chi connectivity index (χ3n) is 3.72. The maximum atomic E-state index is 12.6. The average molecular weight is 403 g/mol. The van der Waals surface area contributed by atoms with E-state index in [4.69, 9.17) is 14.6 Å². The largest absolute Gasteiger partial charge is 0.488 e. The lowest BCUT2D eigenvalue weighted by atomic mass is 9.98. The Morgan fingerprint density at radius 2 is 2.12 bits per heavy atom. The van der Waals surface area contributed by atoms with Crippen LogP contribution in [-0.4, -0.2) is 29.6 Å². The Kier molecular flexibility index (Phi) is 4.90. The molecule has 2 aromatic carbocycles. The van der Waals surface area contributed by atoms with Crippen LogP contribution in [0.3, 0.4) is 0 Å². The minimum Gasteiger partial charge on any atom is -0.488 e. The van der Waals surface area contributed by atoms with Gasteiger partial charge in [0.25, 0.3) is 0 Å². The number of benzene rings is 2. The van der Waals surface area contributed by atoms with Gasteiger partial charge in [0.05, 0.1) is 5.56 Å². The van der Waals surface area contributed by atoms with Crippen LogP contribution in [-0.2, 0) is 4.79 Å². The average Bonchev–Trinajstić information content (AvgIpc) is 2.58. The standard InChI is InChI=1S/C19H15BrO5/c1-11(19(22)23)25-15-4-2-3-12(8-15)7-13-10-24-17-6-5-14(20)9-16(17)18(13)21/h2-9,11H,10H2,1H3,(H,22,23)/b13-7+. The zero-order valence-corrected chi connectivity index (χ0v) is 14.9. The Labute approximate surface area is 153 Å². The van der Waals surface area contributed by atoms with Gasteiger partial charge in [-0.05, 0) is 48.9 Å². The van der Waals surface area contributed by atoms with Gasteiger partial charge in [0.15, 0.2) is 11.9 Å². The zero-order valence-electron chi connectivity index (χ0n) is 13.4.